The molecular weight excluding hydrogens is 357 g/mol. The highest BCUT2D eigenvalue weighted by Crippen LogP contribution is 2.37. The third-order valence-corrected chi connectivity index (χ3v) is 4.61. The second-order valence-electron chi connectivity index (χ2n) is 6.74. The number of benzene rings is 2. The number of para-hydroxylation sites is 1. The molecule has 0 bridgehead atoms. The number of anilines is 1. The quantitative estimate of drug-likeness (QED) is 0.665. The van der Waals surface area contributed by atoms with E-state index in [2.05, 4.69) is 10.3 Å². The number of aromatic amines is 1. The number of H-pyrrole nitrogens is 1. The lowest BCUT2D eigenvalue weighted by molar-refractivity contribution is -0.137. The van der Waals surface area contributed by atoms with Crippen LogP contribution in [0, 0.1) is 0 Å². The number of carbonyl (C=O) groups excluding carboxylic acids is 1. The Kier molecular flexibility index (Phi) is 4.63. The zero-order chi connectivity index (χ0) is 19.8. The van der Waals surface area contributed by atoms with Crippen LogP contribution in [0.5, 0.6) is 5.75 Å². The van der Waals surface area contributed by atoms with E-state index in [9.17, 15) is 18.0 Å². The van der Waals surface area contributed by atoms with Gasteiger partial charge in [0.1, 0.15) is 5.75 Å². The van der Waals surface area contributed by atoms with Crippen LogP contribution in [0.4, 0.5) is 18.9 Å². The van der Waals surface area contributed by atoms with Gasteiger partial charge in [0.25, 0.3) is 0 Å². The van der Waals surface area contributed by atoms with Gasteiger partial charge in [-0.15, -0.1) is 0 Å². The van der Waals surface area contributed by atoms with Gasteiger partial charge >= 0.3 is 6.18 Å². The first-order valence-corrected chi connectivity index (χ1v) is 8.28. The Hall–Kier alpha value is -2.96. The molecule has 1 heterocycles. The maximum absolute atomic E-state index is 13.2. The molecule has 27 heavy (non-hydrogen) atoms. The molecule has 3 rings (SSSR count). The van der Waals surface area contributed by atoms with Crippen LogP contribution >= 0.6 is 0 Å². The van der Waals surface area contributed by atoms with Crippen molar-refractivity contribution in [1.82, 2.24) is 4.98 Å². The Balaban J connectivity index is 1.98. The molecule has 0 atom stereocenters. The van der Waals surface area contributed by atoms with Crippen molar-refractivity contribution in [3.05, 3.63) is 59.8 Å². The van der Waals surface area contributed by atoms with Gasteiger partial charge in [-0.25, -0.2) is 0 Å². The number of nitrogens with one attached hydrogen (secondary N) is 2. The first-order valence-electron chi connectivity index (χ1n) is 8.28. The van der Waals surface area contributed by atoms with Crippen LogP contribution in [0.2, 0.25) is 0 Å². The highest BCUT2D eigenvalue weighted by atomic mass is 19.4. The number of fused-ring (bicyclic) bond motifs is 1. The van der Waals surface area contributed by atoms with Crippen LogP contribution in [-0.2, 0) is 16.4 Å². The summed E-state index contributed by atoms with van der Waals surface area (Å²) in [5.74, 6) is 0.0879. The Morgan fingerprint density at radius 3 is 2.44 bits per heavy atom. The van der Waals surface area contributed by atoms with E-state index in [0.29, 0.717) is 11.3 Å². The van der Waals surface area contributed by atoms with Crippen LogP contribution in [0.1, 0.15) is 25.0 Å². The number of alkyl halides is 3. The summed E-state index contributed by atoms with van der Waals surface area (Å²) in [4.78, 5) is 16.0. The van der Waals surface area contributed by atoms with E-state index in [-0.39, 0.29) is 5.69 Å². The van der Waals surface area contributed by atoms with Crippen LogP contribution in [0.15, 0.2) is 48.7 Å². The van der Waals surface area contributed by atoms with Crippen molar-refractivity contribution in [2.24, 2.45) is 0 Å². The van der Waals surface area contributed by atoms with Gasteiger partial charge in [-0.05, 0) is 49.7 Å². The molecule has 7 heteroatoms. The predicted molar refractivity (Wildman–Crippen MR) is 98.0 cm³/mol. The van der Waals surface area contributed by atoms with Crippen LogP contribution < -0.4 is 10.1 Å². The number of ether oxygens (including phenoxy) is 1. The third-order valence-electron chi connectivity index (χ3n) is 4.61. The summed E-state index contributed by atoms with van der Waals surface area (Å²) in [7, 11) is 1.54. The van der Waals surface area contributed by atoms with Crippen molar-refractivity contribution in [1.29, 1.82) is 0 Å². The summed E-state index contributed by atoms with van der Waals surface area (Å²) in [6, 6.07) is 10.3. The number of carbonyl (C=O) groups is 1. The molecule has 2 N–H and O–H groups in total. The first-order chi connectivity index (χ1) is 12.6. The second-order valence-corrected chi connectivity index (χ2v) is 6.74. The van der Waals surface area contributed by atoms with E-state index in [1.807, 2.05) is 6.07 Å². The average Bonchev–Trinajstić information content (AvgIpc) is 3.04. The summed E-state index contributed by atoms with van der Waals surface area (Å²) < 4.78 is 44.8. The van der Waals surface area contributed by atoms with Crippen molar-refractivity contribution in [3.8, 4) is 5.75 Å². The fourth-order valence-electron chi connectivity index (χ4n) is 2.98. The molecule has 142 valence electrons. The van der Waals surface area contributed by atoms with Gasteiger partial charge in [-0.2, -0.15) is 13.2 Å². The molecule has 0 unspecified atom stereocenters. The highest BCUT2D eigenvalue weighted by molar-refractivity contribution is 6.02. The largest absolute Gasteiger partial charge is 0.497 e. The SMILES string of the molecule is COc1ccc2[nH]cc(C(C)(C)C(=O)Nc3ccccc3C(F)(F)F)c2c1. The van der Waals surface area contributed by atoms with Gasteiger partial charge in [-0.1, -0.05) is 12.1 Å². The maximum Gasteiger partial charge on any atom is 0.418 e. The minimum absolute atomic E-state index is 0.263. The minimum Gasteiger partial charge on any atom is -0.497 e. The smallest absolute Gasteiger partial charge is 0.418 e. The fourth-order valence-corrected chi connectivity index (χ4v) is 2.98. The number of rotatable bonds is 4. The molecule has 0 saturated carbocycles. The van der Waals surface area contributed by atoms with Crippen molar-refractivity contribution < 1.29 is 22.7 Å². The summed E-state index contributed by atoms with van der Waals surface area (Å²) in [6.07, 6.45) is -2.86. The van der Waals surface area contributed by atoms with Gasteiger partial charge in [0.05, 0.1) is 23.8 Å². The summed E-state index contributed by atoms with van der Waals surface area (Å²) >= 11 is 0. The topological polar surface area (TPSA) is 54.1 Å². The molecule has 0 spiro atoms. The van der Waals surface area contributed by atoms with Gasteiger partial charge in [0.15, 0.2) is 0 Å². The normalized spacial score (nSPS) is 12.2. The van der Waals surface area contributed by atoms with Gasteiger partial charge < -0.3 is 15.0 Å². The molecule has 4 nitrogen and oxygen atoms in total. The monoisotopic (exact) mass is 376 g/mol. The molecular formula is C20H19F3N2O2. The predicted octanol–water partition coefficient (Wildman–Crippen LogP) is 5.11. The number of halogens is 3. The number of hydrogen-bond acceptors (Lipinski definition) is 2. The lowest BCUT2D eigenvalue weighted by Gasteiger charge is -2.24. The van der Waals surface area contributed by atoms with Crippen molar-refractivity contribution >= 4 is 22.5 Å². The lowest BCUT2D eigenvalue weighted by atomic mass is 9.83. The molecule has 1 aromatic heterocycles. The van der Waals surface area contributed by atoms with Crippen molar-refractivity contribution in [2.75, 3.05) is 12.4 Å². The average molecular weight is 376 g/mol. The molecule has 0 aliphatic carbocycles. The van der Waals surface area contributed by atoms with E-state index in [1.54, 1.807) is 39.3 Å². The van der Waals surface area contributed by atoms with Crippen molar-refractivity contribution in [2.45, 2.75) is 25.4 Å². The molecule has 2 aromatic carbocycles. The first kappa shape index (κ1) is 18.8. The summed E-state index contributed by atoms with van der Waals surface area (Å²) in [6.45, 7) is 3.33. The number of hydrogen-bond donors (Lipinski definition) is 2. The highest BCUT2D eigenvalue weighted by Gasteiger charge is 2.36. The van der Waals surface area contributed by atoms with E-state index < -0.39 is 23.1 Å². The molecule has 1 amide bonds. The second kappa shape index (κ2) is 6.64. The van der Waals surface area contributed by atoms with Crippen molar-refractivity contribution in [3.63, 3.8) is 0 Å². The zero-order valence-electron chi connectivity index (χ0n) is 15.1. The van der Waals surface area contributed by atoms with Gasteiger partial charge in [0, 0.05) is 17.1 Å². The summed E-state index contributed by atoms with van der Waals surface area (Å²) in [5, 5.41) is 3.21. The van der Waals surface area contributed by atoms with Gasteiger partial charge in [-0.3, -0.25) is 4.79 Å². The van der Waals surface area contributed by atoms with Crippen LogP contribution in [0.3, 0.4) is 0 Å². The number of amides is 1. The fraction of sp³-hybridized carbons (Fsp3) is 0.250. The van der Waals surface area contributed by atoms with Crippen LogP contribution in [-0.4, -0.2) is 18.0 Å². The third kappa shape index (κ3) is 3.49. The molecule has 0 aliphatic heterocycles. The van der Waals surface area contributed by atoms with Gasteiger partial charge in [0.2, 0.25) is 5.91 Å². The molecule has 3 aromatic rings. The standard InChI is InChI=1S/C20H19F3N2O2/c1-19(2,15-11-24-16-9-8-12(27-3)10-13(15)16)18(26)25-17-7-5-4-6-14(17)20(21,22)23/h4-11,24H,1-3H3,(H,25,26). The van der Waals surface area contributed by atoms with E-state index in [0.717, 1.165) is 17.0 Å². The molecule has 0 saturated heterocycles. The Morgan fingerprint density at radius 2 is 1.78 bits per heavy atom. The zero-order valence-corrected chi connectivity index (χ0v) is 15.1. The Morgan fingerprint density at radius 1 is 1.07 bits per heavy atom. The van der Waals surface area contributed by atoms with Crippen LogP contribution in [0.25, 0.3) is 10.9 Å². The summed E-state index contributed by atoms with van der Waals surface area (Å²) in [5.41, 5.74) is -0.750. The van der Waals surface area contributed by atoms with E-state index >= 15 is 0 Å². The molecule has 0 radical (unpaired) electrons. The lowest BCUT2D eigenvalue weighted by Crippen LogP contribution is -2.35. The molecule has 0 aliphatic rings. The maximum atomic E-state index is 13.2. The number of methoxy groups -OCH3 is 1. The molecule has 0 fully saturated rings. The van der Waals surface area contributed by atoms with E-state index in [1.165, 1.54) is 18.2 Å². The number of aromatic nitrogens is 1. The minimum atomic E-state index is -4.55. The Bertz CT molecular complexity index is 990. The van der Waals surface area contributed by atoms with E-state index in [4.69, 9.17) is 4.74 Å². The Labute approximate surface area is 154 Å².